The van der Waals surface area contributed by atoms with Crippen LogP contribution in [-0.2, 0) is 9.53 Å². The molecule has 0 radical (unpaired) electrons. The van der Waals surface area contributed by atoms with Gasteiger partial charge in [-0.1, -0.05) is 61.2 Å². The summed E-state index contributed by atoms with van der Waals surface area (Å²) in [6, 6.07) is 15.6. The van der Waals surface area contributed by atoms with Gasteiger partial charge in [-0.3, -0.25) is 0 Å². The Labute approximate surface area is 162 Å². The molecular weight excluding hydrogens is 362 g/mol. The highest BCUT2D eigenvalue weighted by Crippen LogP contribution is 2.45. The van der Waals surface area contributed by atoms with Gasteiger partial charge in [0, 0.05) is 17.4 Å². The maximum absolute atomic E-state index is 11.6. The molecule has 3 rings (SSSR count). The predicted octanol–water partition coefficient (Wildman–Crippen LogP) is 3.90. The van der Waals surface area contributed by atoms with Gasteiger partial charge in [0.15, 0.2) is 0 Å². The number of carbonyl (C=O) groups is 2. The largest absolute Gasteiger partial charge is 0.480 e. The maximum Gasteiger partial charge on any atom is 0.408 e. The van der Waals surface area contributed by atoms with Gasteiger partial charge in [0.05, 0.1) is 0 Å². The molecule has 0 saturated carbocycles. The van der Waals surface area contributed by atoms with Crippen LogP contribution in [0.3, 0.4) is 0 Å². The lowest BCUT2D eigenvalue weighted by atomic mass is 9.99. The molecule has 1 aliphatic carbocycles. The Morgan fingerprint density at radius 1 is 1.15 bits per heavy atom. The number of hydrogen-bond donors (Lipinski definition) is 2. The van der Waals surface area contributed by atoms with Crippen LogP contribution >= 0.6 is 11.8 Å². The van der Waals surface area contributed by atoms with E-state index in [2.05, 4.69) is 36.2 Å². The topological polar surface area (TPSA) is 75.6 Å². The van der Waals surface area contributed by atoms with Crippen molar-refractivity contribution in [1.82, 2.24) is 5.32 Å². The van der Waals surface area contributed by atoms with Crippen molar-refractivity contribution in [1.29, 1.82) is 0 Å². The van der Waals surface area contributed by atoms with Gasteiger partial charge < -0.3 is 15.2 Å². The molecule has 0 spiro atoms. The minimum Gasteiger partial charge on any atom is -0.480 e. The van der Waals surface area contributed by atoms with Crippen molar-refractivity contribution in [2.45, 2.75) is 12.0 Å². The van der Waals surface area contributed by atoms with Crippen molar-refractivity contribution < 1.29 is 19.4 Å². The zero-order chi connectivity index (χ0) is 19.2. The number of carbonyl (C=O) groups excluding carboxylic acids is 1. The molecule has 2 aromatic carbocycles. The van der Waals surface area contributed by atoms with E-state index in [1.165, 1.54) is 40.1 Å². The number of thioether (sulfide) groups is 1. The van der Waals surface area contributed by atoms with Crippen LogP contribution in [0.2, 0.25) is 0 Å². The minimum absolute atomic E-state index is 0.0426. The van der Waals surface area contributed by atoms with Crippen molar-refractivity contribution >= 4 is 23.8 Å². The molecule has 0 aromatic heterocycles. The number of hydrogen-bond acceptors (Lipinski definition) is 4. The SMILES string of the molecule is C=CCOC(=O)NC(CSCC1c2ccccc2-c2ccccc21)C(=O)O. The molecule has 2 aromatic rings. The summed E-state index contributed by atoms with van der Waals surface area (Å²) in [7, 11) is 0. The number of carboxylic acids is 1. The van der Waals surface area contributed by atoms with Crippen LogP contribution in [0, 0.1) is 0 Å². The summed E-state index contributed by atoms with van der Waals surface area (Å²) in [5.41, 5.74) is 4.99. The van der Waals surface area contributed by atoms with E-state index in [0.717, 1.165) is 5.75 Å². The summed E-state index contributed by atoms with van der Waals surface area (Å²) >= 11 is 1.51. The first-order valence-corrected chi connectivity index (χ1v) is 9.80. The second-order valence-corrected chi connectivity index (χ2v) is 7.26. The van der Waals surface area contributed by atoms with Gasteiger partial charge in [-0.15, -0.1) is 0 Å². The van der Waals surface area contributed by atoms with Crippen molar-refractivity contribution in [3.05, 3.63) is 72.3 Å². The van der Waals surface area contributed by atoms with E-state index in [-0.39, 0.29) is 18.3 Å². The molecule has 0 saturated heterocycles. The number of nitrogens with one attached hydrogen (secondary N) is 1. The smallest absolute Gasteiger partial charge is 0.408 e. The first kappa shape index (κ1) is 19.0. The molecule has 27 heavy (non-hydrogen) atoms. The summed E-state index contributed by atoms with van der Waals surface area (Å²) < 4.78 is 4.80. The first-order chi connectivity index (χ1) is 13.1. The number of alkyl carbamates (subject to hydrolysis) is 1. The minimum atomic E-state index is -1.08. The molecule has 6 heteroatoms. The van der Waals surface area contributed by atoms with E-state index in [1.54, 1.807) is 0 Å². The van der Waals surface area contributed by atoms with Gasteiger partial charge in [0.25, 0.3) is 0 Å². The normalized spacial score (nSPS) is 13.3. The summed E-state index contributed by atoms with van der Waals surface area (Å²) in [4.78, 5) is 23.0. The van der Waals surface area contributed by atoms with Crippen LogP contribution in [0.5, 0.6) is 0 Å². The molecule has 1 amide bonds. The van der Waals surface area contributed by atoms with Crippen LogP contribution < -0.4 is 5.32 Å². The molecule has 1 aliphatic rings. The average molecular weight is 383 g/mol. The summed E-state index contributed by atoms with van der Waals surface area (Å²) in [5.74, 6) is 0.135. The van der Waals surface area contributed by atoms with Crippen LogP contribution in [0.25, 0.3) is 11.1 Å². The number of fused-ring (bicyclic) bond motifs is 3. The van der Waals surface area contributed by atoms with E-state index in [9.17, 15) is 14.7 Å². The van der Waals surface area contributed by atoms with E-state index >= 15 is 0 Å². The van der Waals surface area contributed by atoms with Gasteiger partial charge in [-0.25, -0.2) is 9.59 Å². The van der Waals surface area contributed by atoms with Gasteiger partial charge in [-0.05, 0) is 22.3 Å². The fraction of sp³-hybridized carbons (Fsp3) is 0.238. The Balaban J connectivity index is 1.65. The third-order valence-corrected chi connectivity index (χ3v) is 5.59. The molecule has 5 nitrogen and oxygen atoms in total. The standard InChI is InChI=1S/C21H21NO4S/c1-2-11-26-21(25)22-19(20(23)24)13-27-12-18-16-9-5-3-7-14(16)15-8-4-6-10-17(15)18/h2-10,18-19H,1,11-13H2,(H,22,25)(H,23,24). The molecular formula is C21H21NO4S. The average Bonchev–Trinajstić information content (AvgIpc) is 3.00. The fourth-order valence-corrected chi connectivity index (χ4v) is 4.43. The molecule has 1 atom stereocenters. The molecule has 1 unspecified atom stereocenters. The Bertz CT molecular complexity index is 806. The fourth-order valence-electron chi connectivity index (χ4n) is 3.24. The summed E-state index contributed by atoms with van der Waals surface area (Å²) in [6.07, 6.45) is 0.679. The highest BCUT2D eigenvalue weighted by molar-refractivity contribution is 7.99. The zero-order valence-corrected chi connectivity index (χ0v) is 15.6. The molecule has 2 N–H and O–H groups in total. The van der Waals surface area contributed by atoms with E-state index in [0.29, 0.717) is 0 Å². The maximum atomic E-state index is 11.6. The first-order valence-electron chi connectivity index (χ1n) is 8.64. The monoisotopic (exact) mass is 383 g/mol. The van der Waals surface area contributed by atoms with E-state index in [4.69, 9.17) is 4.74 Å². The number of amides is 1. The highest BCUT2D eigenvalue weighted by Gasteiger charge is 2.28. The number of benzene rings is 2. The lowest BCUT2D eigenvalue weighted by Crippen LogP contribution is -2.43. The zero-order valence-electron chi connectivity index (χ0n) is 14.8. The Morgan fingerprint density at radius 2 is 1.74 bits per heavy atom. The van der Waals surface area contributed by atoms with Crippen molar-refractivity contribution in [2.24, 2.45) is 0 Å². The number of ether oxygens (including phenoxy) is 1. The molecule has 0 fully saturated rings. The molecule has 0 aliphatic heterocycles. The van der Waals surface area contributed by atoms with Gasteiger partial charge in [-0.2, -0.15) is 11.8 Å². The molecule has 0 bridgehead atoms. The van der Waals surface area contributed by atoms with E-state index < -0.39 is 18.1 Å². The van der Waals surface area contributed by atoms with Crippen LogP contribution in [-0.4, -0.2) is 41.3 Å². The predicted molar refractivity (Wildman–Crippen MR) is 107 cm³/mol. The lowest BCUT2D eigenvalue weighted by molar-refractivity contribution is -0.138. The van der Waals surface area contributed by atoms with Gasteiger partial charge in [0.2, 0.25) is 0 Å². The Kier molecular flexibility index (Phi) is 6.19. The molecule has 140 valence electrons. The highest BCUT2D eigenvalue weighted by atomic mass is 32.2. The van der Waals surface area contributed by atoms with Crippen molar-refractivity contribution in [3.63, 3.8) is 0 Å². The Morgan fingerprint density at radius 3 is 2.30 bits per heavy atom. The summed E-state index contributed by atoms with van der Waals surface area (Å²) in [5, 5.41) is 11.7. The van der Waals surface area contributed by atoms with Crippen LogP contribution in [0.15, 0.2) is 61.2 Å². The number of rotatable bonds is 8. The van der Waals surface area contributed by atoms with Gasteiger partial charge in [0.1, 0.15) is 12.6 Å². The number of aliphatic carboxylic acids is 1. The second kappa shape index (κ2) is 8.77. The van der Waals surface area contributed by atoms with Crippen molar-refractivity contribution in [2.75, 3.05) is 18.1 Å². The number of carboxylic acid groups (broad SMARTS) is 1. The van der Waals surface area contributed by atoms with Crippen molar-refractivity contribution in [3.8, 4) is 11.1 Å². The quantitative estimate of drug-likeness (QED) is 0.676. The van der Waals surface area contributed by atoms with Crippen LogP contribution in [0.4, 0.5) is 4.79 Å². The van der Waals surface area contributed by atoms with Crippen LogP contribution in [0.1, 0.15) is 17.0 Å². The molecule has 0 heterocycles. The summed E-state index contributed by atoms with van der Waals surface area (Å²) in [6.45, 7) is 3.49. The van der Waals surface area contributed by atoms with E-state index in [1.807, 2.05) is 24.3 Å². The van der Waals surface area contributed by atoms with Gasteiger partial charge >= 0.3 is 12.1 Å². The Hall–Kier alpha value is -2.73. The third kappa shape index (κ3) is 4.34. The third-order valence-electron chi connectivity index (χ3n) is 4.45. The lowest BCUT2D eigenvalue weighted by Gasteiger charge is -2.17. The second-order valence-electron chi connectivity index (χ2n) is 6.19.